The molecule has 38 heavy (non-hydrogen) atoms. The van der Waals surface area contributed by atoms with E-state index < -0.39 is 0 Å². The van der Waals surface area contributed by atoms with Gasteiger partial charge < -0.3 is 9.13 Å². The maximum Gasteiger partial charge on any atom is 0.0991 e. The molecule has 0 N–H and O–H groups in total. The highest BCUT2D eigenvalue weighted by molar-refractivity contribution is 6.21. The number of allylic oxidation sites excluding steroid dienone is 1. The highest BCUT2D eigenvalue weighted by Gasteiger charge is 2.18. The zero-order valence-corrected chi connectivity index (χ0v) is 21.3. The average molecular weight is 488 g/mol. The van der Waals surface area contributed by atoms with Crippen molar-refractivity contribution in [2.75, 3.05) is 0 Å². The number of hydrogen-bond acceptors (Lipinski definition) is 1. The van der Waals surface area contributed by atoms with Crippen molar-refractivity contribution in [1.82, 2.24) is 9.13 Å². The molecule has 0 bridgehead atoms. The van der Waals surface area contributed by atoms with Crippen molar-refractivity contribution < 1.29 is 0 Å². The van der Waals surface area contributed by atoms with Gasteiger partial charge in [-0.3, -0.25) is 0 Å². The summed E-state index contributed by atoms with van der Waals surface area (Å²) in [5, 5.41) is 15.5. The van der Waals surface area contributed by atoms with E-state index in [1.807, 2.05) is 24.3 Å². The number of benzene rings is 5. The first-order chi connectivity index (χ1) is 18.7. The molecule has 3 nitrogen and oxygen atoms in total. The average Bonchev–Trinajstić information content (AvgIpc) is 3.44. The predicted molar refractivity (Wildman–Crippen MR) is 159 cm³/mol. The summed E-state index contributed by atoms with van der Waals surface area (Å²) in [4.78, 5) is 0. The first kappa shape index (κ1) is 22.2. The molecule has 7 aromatic rings. The Morgan fingerprint density at radius 1 is 0.658 bits per heavy atom. The summed E-state index contributed by atoms with van der Waals surface area (Å²) in [5.74, 6) is 0. The molecule has 0 amide bonds. The van der Waals surface area contributed by atoms with E-state index >= 15 is 0 Å². The second-order valence-electron chi connectivity index (χ2n) is 9.73. The Kier molecular flexibility index (Phi) is 4.96. The third kappa shape index (κ3) is 3.14. The molecule has 0 atom stereocenters. The van der Waals surface area contributed by atoms with Gasteiger partial charge in [0.2, 0.25) is 0 Å². The van der Waals surface area contributed by atoms with E-state index in [0.29, 0.717) is 5.56 Å². The van der Waals surface area contributed by atoms with Crippen LogP contribution in [0.2, 0.25) is 0 Å². The maximum atomic E-state index is 9.33. The molecule has 0 saturated carbocycles. The van der Waals surface area contributed by atoms with Gasteiger partial charge in [-0.05, 0) is 79.2 Å². The number of fused-ring (bicyclic) bond motifs is 6. The van der Waals surface area contributed by atoms with Gasteiger partial charge in [0.05, 0.1) is 28.2 Å². The van der Waals surface area contributed by atoms with Gasteiger partial charge in [-0.25, -0.2) is 0 Å². The zero-order chi connectivity index (χ0) is 25.8. The number of nitrogens with zero attached hydrogens (tertiary/aromatic N) is 3. The van der Waals surface area contributed by atoms with Crippen molar-refractivity contribution >= 4 is 49.6 Å². The molecule has 180 valence electrons. The summed E-state index contributed by atoms with van der Waals surface area (Å²) in [6, 6.07) is 38.5. The van der Waals surface area contributed by atoms with E-state index in [0.717, 1.165) is 22.4 Å². The van der Waals surface area contributed by atoms with E-state index in [1.165, 1.54) is 43.7 Å². The van der Waals surface area contributed by atoms with Gasteiger partial charge in [-0.15, -0.1) is 0 Å². The Bertz CT molecular complexity index is 2090. The van der Waals surface area contributed by atoms with Crippen LogP contribution >= 0.6 is 0 Å². The van der Waals surface area contributed by atoms with E-state index in [4.69, 9.17) is 0 Å². The number of nitriles is 1. The van der Waals surface area contributed by atoms with Crippen LogP contribution in [0, 0.1) is 18.3 Å². The SMILES string of the molecule is C/C=C\c1c(C)n(-c2ccc3c(c2)c2c4ccccc4ccc2n3-c2ccc(C#N)cc2)c2ccccc12. The van der Waals surface area contributed by atoms with Gasteiger partial charge in [0, 0.05) is 38.8 Å². The van der Waals surface area contributed by atoms with Crippen molar-refractivity contribution in [3.05, 3.63) is 126 Å². The molecule has 3 heteroatoms. The maximum absolute atomic E-state index is 9.33. The second kappa shape index (κ2) is 8.50. The Balaban J connectivity index is 1.60. The van der Waals surface area contributed by atoms with Crippen molar-refractivity contribution in [2.45, 2.75) is 13.8 Å². The second-order valence-corrected chi connectivity index (χ2v) is 9.73. The van der Waals surface area contributed by atoms with Crippen LogP contribution in [0.1, 0.15) is 23.7 Å². The lowest BCUT2D eigenvalue weighted by atomic mass is 10.0. The lowest BCUT2D eigenvalue weighted by Crippen LogP contribution is -1.97. The Hall–Kier alpha value is -5.07. The normalized spacial score (nSPS) is 11.8. The summed E-state index contributed by atoms with van der Waals surface area (Å²) in [6.45, 7) is 4.27. The van der Waals surface area contributed by atoms with Crippen LogP contribution in [0.3, 0.4) is 0 Å². The molecule has 5 aromatic carbocycles. The molecule has 0 spiro atoms. The largest absolute Gasteiger partial charge is 0.313 e. The summed E-state index contributed by atoms with van der Waals surface area (Å²) < 4.78 is 4.69. The van der Waals surface area contributed by atoms with Crippen LogP contribution in [0.25, 0.3) is 60.9 Å². The fourth-order valence-electron chi connectivity index (χ4n) is 5.98. The van der Waals surface area contributed by atoms with E-state index in [2.05, 4.69) is 120 Å². The highest BCUT2D eigenvalue weighted by Crippen LogP contribution is 2.39. The molecule has 0 aliphatic carbocycles. The van der Waals surface area contributed by atoms with Crippen LogP contribution in [0.5, 0.6) is 0 Å². The number of hydrogen-bond donors (Lipinski definition) is 0. The van der Waals surface area contributed by atoms with Crippen LogP contribution < -0.4 is 0 Å². The molecular formula is C35H25N3. The van der Waals surface area contributed by atoms with Crippen molar-refractivity contribution in [3.63, 3.8) is 0 Å². The molecule has 0 unspecified atom stereocenters. The minimum atomic E-state index is 0.661. The van der Waals surface area contributed by atoms with Crippen molar-refractivity contribution in [1.29, 1.82) is 5.26 Å². The van der Waals surface area contributed by atoms with Crippen LogP contribution in [-0.4, -0.2) is 9.13 Å². The monoisotopic (exact) mass is 487 g/mol. The minimum absolute atomic E-state index is 0.661. The quantitative estimate of drug-likeness (QED) is 0.245. The molecule has 0 saturated heterocycles. The summed E-state index contributed by atoms with van der Waals surface area (Å²) >= 11 is 0. The Morgan fingerprint density at radius 2 is 1.34 bits per heavy atom. The third-order valence-electron chi connectivity index (χ3n) is 7.64. The lowest BCUT2D eigenvalue weighted by Gasteiger charge is -2.11. The van der Waals surface area contributed by atoms with Crippen molar-refractivity contribution in [2.24, 2.45) is 0 Å². The number of aromatic nitrogens is 2. The summed E-state index contributed by atoms with van der Waals surface area (Å²) in [5.41, 5.74) is 8.85. The van der Waals surface area contributed by atoms with Gasteiger partial charge in [0.25, 0.3) is 0 Å². The molecule has 0 radical (unpaired) electrons. The van der Waals surface area contributed by atoms with E-state index in [1.54, 1.807) is 0 Å². The Labute approximate surface area is 221 Å². The van der Waals surface area contributed by atoms with Gasteiger partial charge in [0.1, 0.15) is 0 Å². The predicted octanol–water partition coefficient (Wildman–Crippen LogP) is 9.09. The first-order valence-electron chi connectivity index (χ1n) is 12.9. The molecule has 0 fully saturated rings. The Morgan fingerprint density at radius 3 is 2.13 bits per heavy atom. The minimum Gasteiger partial charge on any atom is -0.313 e. The van der Waals surface area contributed by atoms with E-state index in [9.17, 15) is 5.26 Å². The third-order valence-corrected chi connectivity index (χ3v) is 7.64. The van der Waals surface area contributed by atoms with Gasteiger partial charge in [-0.2, -0.15) is 5.26 Å². The molecule has 0 aliphatic rings. The van der Waals surface area contributed by atoms with Crippen LogP contribution in [-0.2, 0) is 0 Å². The summed E-state index contributed by atoms with van der Waals surface area (Å²) in [7, 11) is 0. The fraction of sp³-hybridized carbons (Fsp3) is 0.0571. The molecular weight excluding hydrogens is 462 g/mol. The highest BCUT2D eigenvalue weighted by atomic mass is 15.0. The number of para-hydroxylation sites is 1. The zero-order valence-electron chi connectivity index (χ0n) is 21.3. The molecule has 7 rings (SSSR count). The topological polar surface area (TPSA) is 33.6 Å². The first-order valence-corrected chi connectivity index (χ1v) is 12.9. The fourth-order valence-corrected chi connectivity index (χ4v) is 5.98. The van der Waals surface area contributed by atoms with Gasteiger partial charge in [0.15, 0.2) is 0 Å². The van der Waals surface area contributed by atoms with Gasteiger partial charge in [-0.1, -0.05) is 60.7 Å². The van der Waals surface area contributed by atoms with Gasteiger partial charge >= 0.3 is 0 Å². The smallest absolute Gasteiger partial charge is 0.0991 e. The van der Waals surface area contributed by atoms with E-state index in [-0.39, 0.29) is 0 Å². The number of rotatable bonds is 3. The standard InChI is InChI=1S/C35H25N3/c1-3-8-28-23(2)37(32-12-7-6-11-30(28)32)27-18-20-33-31(21-27)35-29-10-5-4-9-25(29)15-19-34(35)38(33)26-16-13-24(22-36)14-17-26/h3-21H,1-2H3/b8-3-. The van der Waals surface area contributed by atoms with Crippen molar-refractivity contribution in [3.8, 4) is 17.4 Å². The molecule has 2 aromatic heterocycles. The van der Waals surface area contributed by atoms with Crippen LogP contribution in [0.15, 0.2) is 109 Å². The van der Waals surface area contributed by atoms with Crippen LogP contribution in [0.4, 0.5) is 0 Å². The molecule has 0 aliphatic heterocycles. The molecule has 2 heterocycles. The lowest BCUT2D eigenvalue weighted by molar-refractivity contribution is 1.05. The summed E-state index contributed by atoms with van der Waals surface area (Å²) in [6.07, 6.45) is 4.32.